The maximum atomic E-state index is 11.7. The van der Waals surface area contributed by atoms with Crippen LogP contribution in [0.2, 0.25) is 0 Å². The molecule has 0 spiro atoms. The molecule has 0 heterocycles. The Bertz CT molecular complexity index is 476. The molecule has 7 nitrogen and oxygen atoms in total. The largest absolute Gasteiger partial charge is 0.335 e. The van der Waals surface area contributed by atoms with Crippen LogP contribution in [0.5, 0.6) is 0 Å². The number of nitrogens with zero attached hydrogens (tertiary/aromatic N) is 2. The molecular weight excluding hydrogens is 260 g/mol. The van der Waals surface area contributed by atoms with Crippen LogP contribution in [0.25, 0.3) is 0 Å². The number of urea groups is 1. The maximum Gasteiger partial charge on any atom is 0.319 e. The highest BCUT2D eigenvalue weighted by atomic mass is 16.6. The van der Waals surface area contributed by atoms with Crippen LogP contribution in [0.1, 0.15) is 13.3 Å². The lowest BCUT2D eigenvalue weighted by Gasteiger charge is -2.17. The Morgan fingerprint density at radius 2 is 2.15 bits per heavy atom. The van der Waals surface area contributed by atoms with Crippen LogP contribution in [0, 0.1) is 10.1 Å². The van der Waals surface area contributed by atoms with Crippen molar-refractivity contribution >= 4 is 17.4 Å². The summed E-state index contributed by atoms with van der Waals surface area (Å²) in [5.41, 5.74) is 0.347. The third kappa shape index (κ3) is 5.66. The van der Waals surface area contributed by atoms with E-state index in [-0.39, 0.29) is 17.8 Å². The summed E-state index contributed by atoms with van der Waals surface area (Å²) in [4.78, 5) is 23.9. The Balaban J connectivity index is 2.49. The lowest BCUT2D eigenvalue weighted by atomic mass is 10.2. The number of benzene rings is 1. The molecule has 1 atom stereocenters. The van der Waals surface area contributed by atoms with Gasteiger partial charge in [-0.25, -0.2) is 4.79 Å². The number of hydrogen-bond acceptors (Lipinski definition) is 4. The number of hydrogen-bond donors (Lipinski definition) is 2. The first-order valence-electron chi connectivity index (χ1n) is 6.35. The third-order valence-electron chi connectivity index (χ3n) is 2.70. The van der Waals surface area contributed by atoms with Crippen LogP contribution in [0.4, 0.5) is 16.2 Å². The van der Waals surface area contributed by atoms with Crippen LogP contribution in [-0.4, -0.2) is 42.5 Å². The van der Waals surface area contributed by atoms with Crippen molar-refractivity contribution in [3.63, 3.8) is 0 Å². The van der Waals surface area contributed by atoms with E-state index in [0.717, 1.165) is 13.0 Å². The van der Waals surface area contributed by atoms with E-state index in [1.165, 1.54) is 18.2 Å². The summed E-state index contributed by atoms with van der Waals surface area (Å²) in [5.74, 6) is 0. The molecule has 0 aliphatic carbocycles. The second-order valence-electron chi connectivity index (χ2n) is 4.90. The Labute approximate surface area is 118 Å². The van der Waals surface area contributed by atoms with E-state index in [4.69, 9.17) is 0 Å². The summed E-state index contributed by atoms with van der Waals surface area (Å²) in [6, 6.07) is 5.50. The molecule has 2 N–H and O–H groups in total. The predicted molar refractivity (Wildman–Crippen MR) is 77.9 cm³/mol. The van der Waals surface area contributed by atoms with Crippen molar-refractivity contribution in [3.8, 4) is 0 Å². The third-order valence-corrected chi connectivity index (χ3v) is 2.70. The van der Waals surface area contributed by atoms with Gasteiger partial charge in [-0.1, -0.05) is 6.07 Å². The first-order valence-corrected chi connectivity index (χ1v) is 6.35. The van der Waals surface area contributed by atoms with Crippen LogP contribution in [0.3, 0.4) is 0 Å². The molecule has 0 saturated carbocycles. The molecule has 20 heavy (non-hydrogen) atoms. The average molecular weight is 280 g/mol. The molecule has 0 fully saturated rings. The standard InChI is InChI=1S/C13H20N4O3/c1-10(7-8-16(2)3)14-13(18)15-11-5-4-6-12(9-11)17(19)20/h4-6,9-10H,7-8H2,1-3H3,(H2,14,15,18). The number of carbonyl (C=O) groups is 1. The quantitative estimate of drug-likeness (QED) is 0.616. The van der Waals surface area contributed by atoms with Crippen LogP contribution in [0.15, 0.2) is 24.3 Å². The topological polar surface area (TPSA) is 87.5 Å². The van der Waals surface area contributed by atoms with Gasteiger partial charge in [-0.3, -0.25) is 10.1 Å². The molecule has 110 valence electrons. The van der Waals surface area contributed by atoms with E-state index < -0.39 is 4.92 Å². The van der Waals surface area contributed by atoms with Gasteiger partial charge in [-0.2, -0.15) is 0 Å². The molecule has 0 aliphatic rings. The number of amides is 2. The van der Waals surface area contributed by atoms with Gasteiger partial charge in [0.25, 0.3) is 5.69 Å². The molecule has 0 aromatic heterocycles. The summed E-state index contributed by atoms with van der Waals surface area (Å²) in [5, 5.41) is 16.0. The lowest BCUT2D eigenvalue weighted by molar-refractivity contribution is -0.384. The van der Waals surface area contributed by atoms with Crippen LogP contribution < -0.4 is 10.6 Å². The molecular formula is C13H20N4O3. The van der Waals surface area contributed by atoms with Gasteiger partial charge in [0.2, 0.25) is 0 Å². The fraction of sp³-hybridized carbons (Fsp3) is 0.462. The highest BCUT2D eigenvalue weighted by molar-refractivity contribution is 5.89. The molecule has 0 saturated heterocycles. The highest BCUT2D eigenvalue weighted by Crippen LogP contribution is 2.16. The van der Waals surface area contributed by atoms with E-state index in [9.17, 15) is 14.9 Å². The first kappa shape index (κ1) is 15.9. The van der Waals surface area contributed by atoms with Gasteiger partial charge >= 0.3 is 6.03 Å². The van der Waals surface area contributed by atoms with Crippen molar-refractivity contribution in [1.29, 1.82) is 0 Å². The van der Waals surface area contributed by atoms with Gasteiger partial charge in [-0.05, 0) is 40.1 Å². The minimum Gasteiger partial charge on any atom is -0.335 e. The average Bonchev–Trinajstić information content (AvgIpc) is 2.36. The second kappa shape index (κ2) is 7.44. The molecule has 1 unspecified atom stereocenters. The van der Waals surface area contributed by atoms with Crippen molar-refractivity contribution in [2.24, 2.45) is 0 Å². The fourth-order valence-corrected chi connectivity index (χ4v) is 1.61. The monoisotopic (exact) mass is 280 g/mol. The maximum absolute atomic E-state index is 11.7. The van der Waals surface area contributed by atoms with Gasteiger partial charge in [0.05, 0.1) is 4.92 Å². The van der Waals surface area contributed by atoms with E-state index in [2.05, 4.69) is 10.6 Å². The predicted octanol–water partition coefficient (Wildman–Crippen LogP) is 2.06. The number of non-ortho nitro benzene ring substituents is 1. The van der Waals surface area contributed by atoms with Crippen LogP contribution in [-0.2, 0) is 0 Å². The van der Waals surface area contributed by atoms with E-state index in [1.54, 1.807) is 6.07 Å². The zero-order valence-electron chi connectivity index (χ0n) is 11.9. The Hall–Kier alpha value is -2.15. The van der Waals surface area contributed by atoms with E-state index in [1.807, 2.05) is 25.9 Å². The molecule has 2 amide bonds. The summed E-state index contributed by atoms with van der Waals surface area (Å²) < 4.78 is 0. The van der Waals surface area contributed by atoms with E-state index in [0.29, 0.717) is 5.69 Å². The molecule has 0 radical (unpaired) electrons. The summed E-state index contributed by atoms with van der Waals surface area (Å²) >= 11 is 0. The summed E-state index contributed by atoms with van der Waals surface area (Å²) in [7, 11) is 3.94. The molecule has 1 rings (SSSR count). The lowest BCUT2D eigenvalue weighted by Crippen LogP contribution is -2.37. The normalized spacial score (nSPS) is 12.0. The first-order chi connectivity index (χ1) is 9.38. The van der Waals surface area contributed by atoms with Gasteiger partial charge < -0.3 is 15.5 Å². The van der Waals surface area contributed by atoms with Crippen molar-refractivity contribution in [2.75, 3.05) is 26.0 Å². The van der Waals surface area contributed by atoms with Crippen molar-refractivity contribution in [3.05, 3.63) is 34.4 Å². The summed E-state index contributed by atoms with van der Waals surface area (Å²) in [6.45, 7) is 2.79. The number of nitro groups is 1. The zero-order valence-corrected chi connectivity index (χ0v) is 11.9. The number of anilines is 1. The smallest absolute Gasteiger partial charge is 0.319 e. The summed E-state index contributed by atoms with van der Waals surface area (Å²) in [6.07, 6.45) is 0.829. The van der Waals surface area contributed by atoms with Crippen molar-refractivity contribution in [2.45, 2.75) is 19.4 Å². The Kier molecular flexibility index (Phi) is 5.92. The van der Waals surface area contributed by atoms with Gasteiger partial charge in [0.1, 0.15) is 0 Å². The number of carbonyl (C=O) groups excluding carboxylic acids is 1. The van der Waals surface area contributed by atoms with Crippen LogP contribution >= 0.6 is 0 Å². The molecule has 7 heteroatoms. The van der Waals surface area contributed by atoms with Gasteiger partial charge in [-0.15, -0.1) is 0 Å². The molecule has 0 bridgehead atoms. The number of nitrogens with one attached hydrogen (secondary N) is 2. The Morgan fingerprint density at radius 3 is 2.75 bits per heavy atom. The second-order valence-corrected chi connectivity index (χ2v) is 4.90. The molecule has 0 aliphatic heterocycles. The number of rotatable bonds is 6. The van der Waals surface area contributed by atoms with E-state index >= 15 is 0 Å². The minimum atomic E-state index is -0.497. The SMILES string of the molecule is CC(CCN(C)C)NC(=O)Nc1cccc([N+](=O)[O-])c1. The van der Waals surface area contributed by atoms with Crippen molar-refractivity contribution < 1.29 is 9.72 Å². The highest BCUT2D eigenvalue weighted by Gasteiger charge is 2.10. The molecule has 1 aromatic carbocycles. The zero-order chi connectivity index (χ0) is 15.1. The van der Waals surface area contributed by atoms with Crippen molar-refractivity contribution in [1.82, 2.24) is 10.2 Å². The van der Waals surface area contributed by atoms with Gasteiger partial charge in [0.15, 0.2) is 0 Å². The Morgan fingerprint density at radius 1 is 1.45 bits per heavy atom. The minimum absolute atomic E-state index is 0.0242. The number of nitro benzene ring substituents is 1. The molecule has 1 aromatic rings. The van der Waals surface area contributed by atoms with Gasteiger partial charge in [0, 0.05) is 23.9 Å². The fourth-order valence-electron chi connectivity index (χ4n) is 1.61.